The second kappa shape index (κ2) is 7.03. The van der Waals surface area contributed by atoms with Crippen LogP contribution in [-0.2, 0) is 14.7 Å². The molecule has 3 heterocycles. The van der Waals surface area contributed by atoms with Gasteiger partial charge in [0.2, 0.25) is 0 Å². The summed E-state index contributed by atoms with van der Waals surface area (Å²) in [5.41, 5.74) is 3.85. The average Bonchev–Trinajstić information content (AvgIpc) is 3.18. The number of ether oxygens (including phenoxy) is 1. The van der Waals surface area contributed by atoms with Crippen molar-refractivity contribution in [2.24, 2.45) is 0 Å². The van der Waals surface area contributed by atoms with E-state index in [1.54, 1.807) is 6.08 Å². The molecule has 0 bridgehead atoms. The molecule has 3 aromatic rings. The van der Waals surface area contributed by atoms with E-state index >= 15 is 0 Å². The third-order valence-corrected chi connectivity index (χ3v) is 7.52. The Morgan fingerprint density at radius 2 is 1.61 bits per heavy atom. The van der Waals surface area contributed by atoms with E-state index in [9.17, 15) is 0 Å². The lowest BCUT2D eigenvalue weighted by atomic mass is 9.72. The molecule has 1 saturated heterocycles. The molecular formula is C28H29BO4. The fraction of sp³-hybridized carbons (Fsp3) is 0.357. The standard InChI is InChI=1S/C28H29BO4/c1-9-10-11-22-17(2)19-13-15-21-25(24(19)30-22)31-23-16-18(12-14-20(23)26(21,3)4)29-32-27(5,6)28(7,8)33-29/h1,10-16H,2-8H3/b11-10-. The number of allylic oxidation sites excluding steroid dienone is 1. The third-order valence-electron chi connectivity index (χ3n) is 7.52. The fourth-order valence-electron chi connectivity index (χ4n) is 4.68. The number of fused-ring (bicyclic) bond motifs is 4. The maximum Gasteiger partial charge on any atom is 0.494 e. The van der Waals surface area contributed by atoms with Crippen molar-refractivity contribution >= 4 is 29.6 Å². The molecule has 4 nitrogen and oxygen atoms in total. The molecule has 33 heavy (non-hydrogen) atoms. The van der Waals surface area contributed by atoms with Crippen molar-refractivity contribution in [2.75, 3.05) is 0 Å². The summed E-state index contributed by atoms with van der Waals surface area (Å²) < 4.78 is 25.3. The Hall–Kier alpha value is -2.94. The first kappa shape index (κ1) is 21.9. The first-order chi connectivity index (χ1) is 15.5. The minimum absolute atomic E-state index is 0.263. The molecule has 2 aromatic carbocycles. The fourth-order valence-corrected chi connectivity index (χ4v) is 4.68. The summed E-state index contributed by atoms with van der Waals surface area (Å²) in [6.45, 7) is 14.7. The smallest absolute Gasteiger partial charge is 0.453 e. The van der Waals surface area contributed by atoms with Gasteiger partial charge in [0.1, 0.15) is 11.5 Å². The van der Waals surface area contributed by atoms with Crippen molar-refractivity contribution in [3.63, 3.8) is 0 Å². The lowest BCUT2D eigenvalue weighted by Gasteiger charge is -2.34. The first-order valence-corrected chi connectivity index (χ1v) is 11.3. The van der Waals surface area contributed by atoms with E-state index in [2.05, 4.69) is 71.7 Å². The van der Waals surface area contributed by atoms with E-state index in [0.717, 1.165) is 50.4 Å². The summed E-state index contributed by atoms with van der Waals surface area (Å²) in [7, 11) is -0.449. The van der Waals surface area contributed by atoms with Gasteiger partial charge in [0.15, 0.2) is 11.3 Å². The molecule has 0 spiro atoms. The monoisotopic (exact) mass is 440 g/mol. The van der Waals surface area contributed by atoms with Crippen molar-refractivity contribution in [2.45, 2.75) is 65.1 Å². The highest BCUT2D eigenvalue weighted by Crippen LogP contribution is 2.51. The Bertz CT molecular complexity index is 1330. The molecule has 0 unspecified atom stereocenters. The second-order valence-corrected chi connectivity index (χ2v) is 10.5. The summed E-state index contributed by atoms with van der Waals surface area (Å²) in [5.74, 6) is 4.81. The van der Waals surface area contributed by atoms with Crippen LogP contribution in [-0.4, -0.2) is 18.3 Å². The van der Waals surface area contributed by atoms with Crippen LogP contribution in [0.3, 0.4) is 0 Å². The third kappa shape index (κ3) is 3.16. The topological polar surface area (TPSA) is 40.8 Å². The van der Waals surface area contributed by atoms with Crippen LogP contribution < -0.4 is 10.2 Å². The van der Waals surface area contributed by atoms with Gasteiger partial charge in [0, 0.05) is 27.5 Å². The molecule has 0 saturated carbocycles. The van der Waals surface area contributed by atoms with Gasteiger partial charge in [-0.1, -0.05) is 44.0 Å². The predicted octanol–water partition coefficient (Wildman–Crippen LogP) is 6.12. The van der Waals surface area contributed by atoms with Crippen LogP contribution >= 0.6 is 0 Å². The van der Waals surface area contributed by atoms with Crippen LogP contribution in [0.2, 0.25) is 0 Å². The summed E-state index contributed by atoms with van der Waals surface area (Å²) in [5, 5.41) is 1.02. The maximum absolute atomic E-state index is 6.53. The van der Waals surface area contributed by atoms with Crippen LogP contribution in [0.5, 0.6) is 11.5 Å². The van der Waals surface area contributed by atoms with Gasteiger partial charge in [-0.2, -0.15) is 0 Å². The lowest BCUT2D eigenvalue weighted by Crippen LogP contribution is -2.41. The summed E-state index contributed by atoms with van der Waals surface area (Å²) in [4.78, 5) is 0. The van der Waals surface area contributed by atoms with Crippen LogP contribution in [0.15, 0.2) is 40.8 Å². The van der Waals surface area contributed by atoms with Gasteiger partial charge in [0.05, 0.1) is 11.2 Å². The molecule has 168 valence electrons. The Morgan fingerprint density at radius 3 is 2.27 bits per heavy atom. The van der Waals surface area contributed by atoms with Crippen molar-refractivity contribution in [1.29, 1.82) is 0 Å². The van der Waals surface area contributed by atoms with Crippen LogP contribution in [0.1, 0.15) is 64.0 Å². The SMILES string of the molecule is C#C/C=C\c1oc2c3c(ccc2c1C)C(C)(C)c1ccc(B2OC(C)(C)C(C)(C)O2)cc1O3. The number of rotatable bonds is 2. The minimum atomic E-state index is -0.449. The molecular weight excluding hydrogens is 411 g/mol. The number of furan rings is 1. The Balaban J connectivity index is 1.61. The van der Waals surface area contributed by atoms with Gasteiger partial charge in [-0.05, 0) is 58.3 Å². The molecule has 5 rings (SSSR count). The van der Waals surface area contributed by atoms with Crippen molar-refractivity contribution in [3.05, 3.63) is 58.9 Å². The number of aryl methyl sites for hydroxylation is 1. The van der Waals surface area contributed by atoms with Gasteiger partial charge >= 0.3 is 7.12 Å². The van der Waals surface area contributed by atoms with Gasteiger partial charge in [-0.15, -0.1) is 6.42 Å². The number of terminal acetylenes is 1. The Morgan fingerprint density at radius 1 is 0.939 bits per heavy atom. The molecule has 0 amide bonds. The van der Waals surface area contributed by atoms with Gasteiger partial charge in [0.25, 0.3) is 0 Å². The molecule has 0 N–H and O–H groups in total. The van der Waals surface area contributed by atoms with Crippen LogP contribution in [0.4, 0.5) is 0 Å². The zero-order chi connectivity index (χ0) is 23.8. The highest BCUT2D eigenvalue weighted by atomic mass is 16.7. The highest BCUT2D eigenvalue weighted by molar-refractivity contribution is 6.62. The summed E-state index contributed by atoms with van der Waals surface area (Å²) >= 11 is 0. The van der Waals surface area contributed by atoms with E-state index in [0.29, 0.717) is 0 Å². The zero-order valence-electron chi connectivity index (χ0n) is 20.3. The van der Waals surface area contributed by atoms with E-state index in [-0.39, 0.29) is 5.41 Å². The second-order valence-electron chi connectivity index (χ2n) is 10.5. The molecule has 1 aromatic heterocycles. The summed E-state index contributed by atoms with van der Waals surface area (Å²) in [6.07, 6.45) is 8.86. The van der Waals surface area contributed by atoms with Crippen molar-refractivity contribution < 1.29 is 18.5 Å². The normalized spacial score (nSPS) is 19.9. The first-order valence-electron chi connectivity index (χ1n) is 11.3. The van der Waals surface area contributed by atoms with Crippen molar-refractivity contribution in [1.82, 2.24) is 0 Å². The quantitative estimate of drug-likeness (QED) is 0.356. The molecule has 0 atom stereocenters. The zero-order valence-corrected chi connectivity index (χ0v) is 20.3. The highest BCUT2D eigenvalue weighted by Gasteiger charge is 2.52. The Labute approximate surface area is 196 Å². The molecule has 0 radical (unpaired) electrons. The van der Waals surface area contributed by atoms with E-state index < -0.39 is 18.3 Å². The van der Waals surface area contributed by atoms with Gasteiger partial charge in [-0.3, -0.25) is 0 Å². The molecule has 5 heteroatoms. The molecule has 2 aliphatic heterocycles. The minimum Gasteiger partial charge on any atom is -0.453 e. The lowest BCUT2D eigenvalue weighted by molar-refractivity contribution is 0.00578. The van der Waals surface area contributed by atoms with Crippen LogP contribution in [0, 0.1) is 19.3 Å². The van der Waals surface area contributed by atoms with E-state index in [1.807, 2.05) is 19.1 Å². The number of hydrogen-bond acceptors (Lipinski definition) is 4. The number of hydrogen-bond donors (Lipinski definition) is 0. The van der Waals surface area contributed by atoms with E-state index in [4.69, 9.17) is 24.9 Å². The maximum atomic E-state index is 6.53. The van der Waals surface area contributed by atoms with Crippen LogP contribution in [0.25, 0.3) is 17.0 Å². The van der Waals surface area contributed by atoms with Crippen molar-refractivity contribution in [3.8, 4) is 23.8 Å². The van der Waals surface area contributed by atoms with Gasteiger partial charge in [-0.25, -0.2) is 0 Å². The largest absolute Gasteiger partial charge is 0.494 e. The van der Waals surface area contributed by atoms with Gasteiger partial charge < -0.3 is 18.5 Å². The summed E-state index contributed by atoms with van der Waals surface area (Å²) in [6, 6.07) is 10.5. The molecule has 1 fully saturated rings. The number of benzene rings is 2. The Kier molecular flexibility index (Phi) is 4.66. The molecule has 2 aliphatic rings. The molecule has 0 aliphatic carbocycles. The average molecular weight is 440 g/mol. The van der Waals surface area contributed by atoms with E-state index in [1.165, 1.54) is 0 Å². The predicted molar refractivity (Wildman–Crippen MR) is 133 cm³/mol.